The smallest absolute Gasteiger partial charge is 0.196 e. The van der Waals surface area contributed by atoms with Crippen molar-refractivity contribution < 1.29 is 9.59 Å². The van der Waals surface area contributed by atoms with Crippen LogP contribution in [0.1, 0.15) is 31.8 Å². The zero-order valence-electron chi connectivity index (χ0n) is 13.1. The Balaban J connectivity index is 1.99. The van der Waals surface area contributed by atoms with E-state index in [0.717, 1.165) is 0 Å². The van der Waals surface area contributed by atoms with Gasteiger partial charge < -0.3 is 4.57 Å². The fourth-order valence-electron chi connectivity index (χ4n) is 2.97. The molecule has 0 saturated heterocycles. The Kier molecular flexibility index (Phi) is 3.24. The number of fused-ring (bicyclic) bond motifs is 2. The van der Waals surface area contributed by atoms with Gasteiger partial charge in [0.15, 0.2) is 11.6 Å². The van der Waals surface area contributed by atoms with Gasteiger partial charge in [-0.1, -0.05) is 42.5 Å². The maximum atomic E-state index is 12.9. The number of rotatable bonds is 1. The first kappa shape index (κ1) is 14.3. The van der Waals surface area contributed by atoms with Gasteiger partial charge in [0, 0.05) is 29.9 Å². The van der Waals surface area contributed by atoms with Crippen LogP contribution in [-0.4, -0.2) is 16.1 Å². The zero-order valence-corrected chi connectivity index (χ0v) is 13.1. The van der Waals surface area contributed by atoms with E-state index in [1.165, 1.54) is 0 Å². The third kappa shape index (κ3) is 2.12. The summed E-state index contributed by atoms with van der Waals surface area (Å²) in [5.41, 5.74) is 2.92. The Hall–Kier alpha value is -3.27. The molecule has 3 aromatic rings. The highest BCUT2D eigenvalue weighted by atomic mass is 16.1. The summed E-state index contributed by atoms with van der Waals surface area (Å²) in [4.78, 5) is 30.3. The van der Waals surface area contributed by atoms with E-state index in [9.17, 15) is 9.59 Å². The predicted octanol–water partition coefficient (Wildman–Crippen LogP) is 3.03. The third-order valence-corrected chi connectivity index (χ3v) is 4.19. The number of carbonyl (C=O) groups excluding carboxylic acids is 2. The van der Waals surface area contributed by atoms with E-state index in [1.54, 1.807) is 42.5 Å². The quantitative estimate of drug-likeness (QED) is 0.542. The summed E-state index contributed by atoms with van der Waals surface area (Å²) in [6.45, 7) is 0. The lowest BCUT2D eigenvalue weighted by atomic mass is 9.83. The maximum Gasteiger partial charge on any atom is 0.196 e. The van der Waals surface area contributed by atoms with Gasteiger partial charge in [-0.15, -0.1) is 0 Å². The molecule has 0 radical (unpaired) electrons. The van der Waals surface area contributed by atoms with Crippen LogP contribution in [0.5, 0.6) is 0 Å². The standard InChI is InChI=1S/C20H14N2O2/c1-22-12-5-4-11-17(22)21-16-10-6-9-15-18(16)20(24)14-8-3-2-7-13(14)19(15)23/h2-12H,1H3. The fraction of sp³-hybridized carbons (Fsp3) is 0.0500. The molecule has 0 fully saturated rings. The zero-order chi connectivity index (χ0) is 16.7. The summed E-state index contributed by atoms with van der Waals surface area (Å²) in [7, 11) is 1.89. The third-order valence-electron chi connectivity index (χ3n) is 4.19. The Bertz CT molecular complexity index is 1060. The summed E-state index contributed by atoms with van der Waals surface area (Å²) < 4.78 is 1.86. The van der Waals surface area contributed by atoms with Gasteiger partial charge in [-0.3, -0.25) is 9.59 Å². The number of pyridine rings is 1. The topological polar surface area (TPSA) is 51.4 Å². The lowest BCUT2D eigenvalue weighted by Gasteiger charge is -2.18. The van der Waals surface area contributed by atoms with Crippen molar-refractivity contribution in [3.63, 3.8) is 0 Å². The second-order valence-corrected chi connectivity index (χ2v) is 5.69. The van der Waals surface area contributed by atoms with E-state index in [1.807, 2.05) is 36.0 Å². The molecule has 0 saturated carbocycles. The van der Waals surface area contributed by atoms with Crippen LogP contribution in [0, 0.1) is 0 Å². The molecule has 2 aromatic carbocycles. The van der Waals surface area contributed by atoms with Crippen LogP contribution < -0.4 is 5.49 Å². The van der Waals surface area contributed by atoms with Gasteiger partial charge in [-0.25, -0.2) is 4.99 Å². The van der Waals surface area contributed by atoms with E-state index in [0.29, 0.717) is 33.4 Å². The molecule has 0 spiro atoms. The van der Waals surface area contributed by atoms with Crippen LogP contribution in [0.25, 0.3) is 0 Å². The second kappa shape index (κ2) is 5.42. The van der Waals surface area contributed by atoms with Gasteiger partial charge in [0.1, 0.15) is 5.49 Å². The lowest BCUT2D eigenvalue weighted by molar-refractivity contribution is 0.0979. The predicted molar refractivity (Wildman–Crippen MR) is 90.4 cm³/mol. The molecule has 0 bridgehead atoms. The number of carbonyl (C=O) groups is 2. The molecular formula is C20H14N2O2. The molecular weight excluding hydrogens is 300 g/mol. The van der Waals surface area contributed by atoms with Crippen LogP contribution in [0.4, 0.5) is 5.69 Å². The Morgan fingerprint density at radius 2 is 1.42 bits per heavy atom. The number of ketones is 2. The van der Waals surface area contributed by atoms with Crippen LogP contribution in [0.2, 0.25) is 0 Å². The van der Waals surface area contributed by atoms with Gasteiger partial charge in [0.2, 0.25) is 0 Å². The molecule has 4 nitrogen and oxygen atoms in total. The number of aromatic nitrogens is 1. The minimum Gasteiger partial charge on any atom is -0.336 e. The first-order valence-electron chi connectivity index (χ1n) is 7.64. The normalized spacial score (nSPS) is 13.6. The Labute approximate surface area is 138 Å². The van der Waals surface area contributed by atoms with Crippen molar-refractivity contribution in [3.8, 4) is 0 Å². The molecule has 1 heterocycles. The van der Waals surface area contributed by atoms with E-state index >= 15 is 0 Å². The highest BCUT2D eigenvalue weighted by molar-refractivity contribution is 6.29. The van der Waals surface area contributed by atoms with Crippen LogP contribution in [0.15, 0.2) is 71.9 Å². The molecule has 0 amide bonds. The summed E-state index contributed by atoms with van der Waals surface area (Å²) in [5, 5.41) is 0. The lowest BCUT2D eigenvalue weighted by Crippen LogP contribution is -2.21. The summed E-state index contributed by atoms with van der Waals surface area (Å²) in [6.07, 6.45) is 1.89. The number of hydrogen-bond acceptors (Lipinski definition) is 3. The van der Waals surface area contributed by atoms with Gasteiger partial charge in [0.05, 0.1) is 11.3 Å². The molecule has 1 aromatic heterocycles. The van der Waals surface area contributed by atoms with E-state index in [-0.39, 0.29) is 11.6 Å². The monoisotopic (exact) mass is 314 g/mol. The average molecular weight is 314 g/mol. The highest BCUT2D eigenvalue weighted by Gasteiger charge is 2.31. The van der Waals surface area contributed by atoms with Crippen molar-refractivity contribution in [2.24, 2.45) is 12.0 Å². The molecule has 1 aliphatic carbocycles. The molecule has 116 valence electrons. The maximum absolute atomic E-state index is 12.9. The van der Waals surface area contributed by atoms with Crippen molar-refractivity contribution in [1.82, 2.24) is 4.57 Å². The van der Waals surface area contributed by atoms with Crippen LogP contribution in [-0.2, 0) is 7.05 Å². The van der Waals surface area contributed by atoms with Crippen molar-refractivity contribution in [2.75, 3.05) is 0 Å². The SMILES string of the molecule is Cn1ccccc1=Nc1cccc2c1C(=O)c1ccccc1C2=O. The van der Waals surface area contributed by atoms with Gasteiger partial charge in [0.25, 0.3) is 0 Å². The number of aryl methyl sites for hydroxylation is 1. The minimum atomic E-state index is -0.155. The van der Waals surface area contributed by atoms with Crippen molar-refractivity contribution in [1.29, 1.82) is 0 Å². The summed E-state index contributed by atoms with van der Waals surface area (Å²) >= 11 is 0. The molecule has 0 atom stereocenters. The second-order valence-electron chi connectivity index (χ2n) is 5.69. The Morgan fingerprint density at radius 1 is 0.750 bits per heavy atom. The number of nitrogens with zero attached hydrogens (tertiary/aromatic N) is 2. The number of hydrogen-bond donors (Lipinski definition) is 0. The highest BCUT2D eigenvalue weighted by Crippen LogP contribution is 2.32. The molecule has 4 rings (SSSR count). The minimum absolute atomic E-state index is 0.130. The molecule has 4 heteroatoms. The average Bonchev–Trinajstić information content (AvgIpc) is 2.61. The Morgan fingerprint density at radius 3 is 2.17 bits per heavy atom. The van der Waals surface area contributed by atoms with Crippen molar-refractivity contribution in [3.05, 3.63) is 94.6 Å². The van der Waals surface area contributed by atoms with E-state index in [4.69, 9.17) is 0 Å². The summed E-state index contributed by atoms with van der Waals surface area (Å²) in [6, 6.07) is 17.8. The molecule has 1 aliphatic rings. The van der Waals surface area contributed by atoms with E-state index in [2.05, 4.69) is 4.99 Å². The van der Waals surface area contributed by atoms with Crippen molar-refractivity contribution >= 4 is 17.3 Å². The van der Waals surface area contributed by atoms with Crippen molar-refractivity contribution in [2.45, 2.75) is 0 Å². The first-order chi connectivity index (χ1) is 11.7. The first-order valence-corrected chi connectivity index (χ1v) is 7.64. The molecule has 0 aliphatic heterocycles. The van der Waals surface area contributed by atoms with Gasteiger partial charge in [-0.05, 0) is 18.2 Å². The molecule has 0 unspecified atom stereocenters. The molecule has 24 heavy (non-hydrogen) atoms. The fourth-order valence-corrected chi connectivity index (χ4v) is 2.97. The van der Waals surface area contributed by atoms with Crippen LogP contribution in [0.3, 0.4) is 0 Å². The van der Waals surface area contributed by atoms with Gasteiger partial charge >= 0.3 is 0 Å². The van der Waals surface area contributed by atoms with E-state index < -0.39 is 0 Å². The van der Waals surface area contributed by atoms with Gasteiger partial charge in [-0.2, -0.15) is 0 Å². The largest absolute Gasteiger partial charge is 0.336 e. The summed E-state index contributed by atoms with van der Waals surface area (Å²) in [5.74, 6) is -0.284. The van der Waals surface area contributed by atoms with Crippen LogP contribution >= 0.6 is 0 Å². The number of benzene rings is 2. The molecule has 0 N–H and O–H groups in total.